The molecule has 0 saturated carbocycles. The number of hydrogen-bond acceptors (Lipinski definition) is 9. The topological polar surface area (TPSA) is 212 Å². The quantitative estimate of drug-likeness (QED) is 0.0967. The summed E-state index contributed by atoms with van der Waals surface area (Å²) in [6, 6.07) is 8.28. The summed E-state index contributed by atoms with van der Waals surface area (Å²) in [5.41, 5.74) is -1.02. The van der Waals surface area contributed by atoms with Crippen LogP contribution in [-0.4, -0.2) is 63.2 Å². The number of nitrogens with zero attached hydrogens (tertiary/aromatic N) is 2. The standard InChI is InChI=1S/C22H18Br4N4O9S2/c23-8-14(25)21(32)27-11-2-1-10-5-18(41(37,38)39)19(20(31)13(10)6-11)30-29-16-7-12(28-22(33)15(26)9-24)3-4-17(16)40(34,35)36/h1-7,14-15,31H,8-9H2,(H,27,32)(H,28,33)(H,34,35,36)(H,37,38,39)/t14-,15-/m1/s1. The molecule has 13 nitrogen and oxygen atoms in total. The van der Waals surface area contributed by atoms with E-state index in [1.807, 2.05) is 0 Å². The molecule has 0 spiro atoms. The number of phenols is 1. The largest absolute Gasteiger partial charge is 0.505 e. The highest BCUT2D eigenvalue weighted by molar-refractivity contribution is 9.12. The fourth-order valence-electron chi connectivity index (χ4n) is 3.29. The second-order valence-electron chi connectivity index (χ2n) is 8.06. The SMILES string of the molecule is O=C(Nc1ccc(S(=O)(=O)O)c(N=Nc2c(S(=O)(=O)O)cc3ccc(NC(=O)[C@H](Br)CBr)cc3c2O)c1)[C@H](Br)CBr. The van der Waals surface area contributed by atoms with E-state index in [2.05, 4.69) is 84.6 Å². The number of rotatable bonds is 10. The molecule has 0 saturated heterocycles. The molecule has 0 aliphatic heterocycles. The summed E-state index contributed by atoms with van der Waals surface area (Å²) in [5, 5.41) is 24.2. The van der Waals surface area contributed by atoms with Gasteiger partial charge in [-0.25, -0.2) is 0 Å². The van der Waals surface area contributed by atoms with Gasteiger partial charge in [0, 0.05) is 27.4 Å². The number of hydrogen-bond donors (Lipinski definition) is 5. The number of benzene rings is 3. The van der Waals surface area contributed by atoms with Gasteiger partial charge in [0.1, 0.15) is 30.8 Å². The summed E-state index contributed by atoms with van der Waals surface area (Å²) >= 11 is 12.6. The third kappa shape index (κ3) is 8.31. The predicted molar refractivity (Wildman–Crippen MR) is 166 cm³/mol. The van der Waals surface area contributed by atoms with Crippen molar-refractivity contribution < 1.29 is 40.6 Å². The van der Waals surface area contributed by atoms with Crippen molar-refractivity contribution in [3.63, 3.8) is 0 Å². The maximum Gasteiger partial charge on any atom is 0.296 e. The molecule has 220 valence electrons. The van der Waals surface area contributed by atoms with E-state index in [4.69, 9.17) is 0 Å². The van der Waals surface area contributed by atoms with Crippen LogP contribution in [0.15, 0.2) is 62.5 Å². The molecular formula is C22H18Br4N4O9S2. The molecule has 0 radical (unpaired) electrons. The van der Waals surface area contributed by atoms with E-state index in [9.17, 15) is 40.6 Å². The number of phenolic OH excluding ortho intramolecular Hbond substituents is 1. The van der Waals surface area contributed by atoms with Crippen LogP contribution in [0.25, 0.3) is 10.8 Å². The first kappa shape index (κ1) is 33.5. The molecule has 3 aromatic rings. The summed E-state index contributed by atoms with van der Waals surface area (Å²) in [6.07, 6.45) is 0. The Balaban J connectivity index is 2.19. The van der Waals surface area contributed by atoms with E-state index in [0.717, 1.165) is 18.2 Å². The Hall–Kier alpha value is -2.00. The number of amides is 2. The van der Waals surface area contributed by atoms with E-state index in [0.29, 0.717) is 5.33 Å². The lowest BCUT2D eigenvalue weighted by molar-refractivity contribution is -0.116. The maximum absolute atomic E-state index is 12.2. The van der Waals surface area contributed by atoms with E-state index in [-0.39, 0.29) is 27.5 Å². The Morgan fingerprint density at radius 2 is 1.29 bits per heavy atom. The monoisotopic (exact) mass is 862 g/mol. The van der Waals surface area contributed by atoms with Crippen molar-refractivity contribution >= 4 is 129 Å². The molecule has 2 atom stereocenters. The van der Waals surface area contributed by atoms with Gasteiger partial charge in [0.05, 0.1) is 0 Å². The van der Waals surface area contributed by atoms with Gasteiger partial charge in [0.25, 0.3) is 20.2 Å². The van der Waals surface area contributed by atoms with Crippen LogP contribution in [0, 0.1) is 0 Å². The lowest BCUT2D eigenvalue weighted by Crippen LogP contribution is -2.23. The van der Waals surface area contributed by atoms with Crippen LogP contribution < -0.4 is 10.6 Å². The van der Waals surface area contributed by atoms with Crippen LogP contribution in [0.1, 0.15) is 0 Å². The number of carbonyl (C=O) groups excluding carboxylic acids is 2. The summed E-state index contributed by atoms with van der Waals surface area (Å²) in [6.45, 7) is 0. The van der Waals surface area contributed by atoms with Gasteiger partial charge in [0.15, 0.2) is 5.75 Å². The first-order chi connectivity index (χ1) is 19.1. The molecule has 2 amide bonds. The molecule has 0 aromatic heterocycles. The van der Waals surface area contributed by atoms with Crippen molar-refractivity contribution in [1.82, 2.24) is 0 Å². The highest BCUT2D eigenvalue weighted by Gasteiger charge is 2.24. The zero-order chi connectivity index (χ0) is 30.7. The summed E-state index contributed by atoms with van der Waals surface area (Å²) < 4.78 is 67.7. The Bertz CT molecular complexity index is 1770. The highest BCUT2D eigenvalue weighted by atomic mass is 79.9. The molecule has 19 heteroatoms. The normalized spacial score (nSPS) is 13.7. The van der Waals surface area contributed by atoms with E-state index < -0.39 is 68.6 Å². The zero-order valence-electron chi connectivity index (χ0n) is 20.1. The Morgan fingerprint density at radius 3 is 1.80 bits per heavy atom. The molecule has 0 fully saturated rings. The number of aromatic hydroxyl groups is 1. The summed E-state index contributed by atoms with van der Waals surface area (Å²) in [7, 11) is -9.87. The second-order valence-corrected chi connectivity index (χ2v) is 14.3. The fourth-order valence-corrected chi connectivity index (χ4v) is 5.37. The number of halogens is 4. The molecule has 41 heavy (non-hydrogen) atoms. The minimum absolute atomic E-state index is 0.00303. The van der Waals surface area contributed by atoms with Gasteiger partial charge in [0.2, 0.25) is 11.8 Å². The number of carbonyl (C=O) groups is 2. The smallest absolute Gasteiger partial charge is 0.296 e. The Labute approximate surface area is 267 Å². The van der Waals surface area contributed by atoms with Gasteiger partial charge in [-0.3, -0.25) is 18.7 Å². The number of anilines is 2. The average molecular weight is 866 g/mol. The minimum Gasteiger partial charge on any atom is -0.505 e. The van der Waals surface area contributed by atoms with Gasteiger partial charge in [-0.15, -0.1) is 10.2 Å². The van der Waals surface area contributed by atoms with E-state index >= 15 is 0 Å². The van der Waals surface area contributed by atoms with Crippen molar-refractivity contribution in [1.29, 1.82) is 0 Å². The first-order valence-electron chi connectivity index (χ1n) is 10.9. The molecule has 5 N–H and O–H groups in total. The van der Waals surface area contributed by atoms with Gasteiger partial charge in [-0.1, -0.05) is 69.8 Å². The molecule has 0 aliphatic carbocycles. The highest BCUT2D eigenvalue weighted by Crippen LogP contribution is 2.42. The van der Waals surface area contributed by atoms with Crippen LogP contribution in [0.3, 0.4) is 0 Å². The lowest BCUT2D eigenvalue weighted by Gasteiger charge is -2.12. The first-order valence-corrected chi connectivity index (χ1v) is 17.8. The molecule has 3 aromatic carbocycles. The van der Waals surface area contributed by atoms with Crippen LogP contribution in [0.2, 0.25) is 0 Å². The van der Waals surface area contributed by atoms with Crippen molar-refractivity contribution in [3.8, 4) is 5.75 Å². The second kappa shape index (κ2) is 13.5. The number of nitrogens with one attached hydrogen (secondary N) is 2. The van der Waals surface area contributed by atoms with Gasteiger partial charge in [-0.2, -0.15) is 16.8 Å². The third-order valence-electron chi connectivity index (χ3n) is 5.20. The maximum atomic E-state index is 12.2. The minimum atomic E-state index is -5.00. The molecule has 3 rings (SSSR count). The number of azo groups is 1. The Morgan fingerprint density at radius 1 is 0.780 bits per heavy atom. The molecule has 0 heterocycles. The van der Waals surface area contributed by atoms with E-state index in [1.54, 1.807) is 0 Å². The number of alkyl halides is 4. The van der Waals surface area contributed by atoms with Gasteiger partial charge >= 0.3 is 0 Å². The van der Waals surface area contributed by atoms with Gasteiger partial charge in [-0.05, 0) is 41.8 Å². The van der Waals surface area contributed by atoms with E-state index in [1.165, 1.54) is 24.3 Å². The van der Waals surface area contributed by atoms with Crippen LogP contribution >= 0.6 is 63.7 Å². The van der Waals surface area contributed by atoms with Crippen LogP contribution in [0.5, 0.6) is 5.75 Å². The van der Waals surface area contributed by atoms with Crippen molar-refractivity contribution in [2.24, 2.45) is 10.2 Å². The third-order valence-corrected chi connectivity index (χ3v) is 11.5. The molecule has 0 bridgehead atoms. The molecule has 0 unspecified atom stereocenters. The molecular weight excluding hydrogens is 848 g/mol. The van der Waals surface area contributed by atoms with Crippen LogP contribution in [0.4, 0.5) is 22.7 Å². The lowest BCUT2D eigenvalue weighted by atomic mass is 10.1. The van der Waals surface area contributed by atoms with Crippen LogP contribution in [-0.2, 0) is 29.8 Å². The summed E-state index contributed by atoms with van der Waals surface area (Å²) in [5.74, 6) is -1.69. The van der Waals surface area contributed by atoms with Gasteiger partial charge < -0.3 is 15.7 Å². The zero-order valence-corrected chi connectivity index (χ0v) is 28.1. The Kier molecular flexibility index (Phi) is 11.1. The summed E-state index contributed by atoms with van der Waals surface area (Å²) in [4.78, 5) is 21.6. The fraction of sp³-hybridized carbons (Fsp3) is 0.182. The van der Waals surface area contributed by atoms with Crippen molar-refractivity contribution in [2.45, 2.75) is 19.4 Å². The predicted octanol–water partition coefficient (Wildman–Crippen LogP) is 5.65. The number of fused-ring (bicyclic) bond motifs is 1. The average Bonchev–Trinajstić information content (AvgIpc) is 2.90. The molecule has 0 aliphatic rings. The van der Waals surface area contributed by atoms with Crippen molar-refractivity contribution in [3.05, 3.63) is 42.5 Å². The van der Waals surface area contributed by atoms with Crippen molar-refractivity contribution in [2.75, 3.05) is 21.3 Å².